The van der Waals surface area contributed by atoms with Crippen LogP contribution in [-0.2, 0) is 18.9 Å². The molecule has 4 aliphatic rings. The minimum absolute atomic E-state index is 0.0874. The highest BCUT2D eigenvalue weighted by molar-refractivity contribution is 5.15. The average Bonchev–Trinajstić information content (AvgIpc) is 3.11. The highest BCUT2D eigenvalue weighted by atomic mass is 16.7. The highest BCUT2D eigenvalue weighted by Gasteiger charge is 2.67. The standard InChI is InChI=1S/C29H52O6/c1-7-20-22-14-19(34-16-32-5)8-11-28(22,3)21-9-12-29(4)23(25(21)27(20)35-17-33-6)15-24(31)26(29)18(2)10-13-30/h18-27,30-31H,7-17H2,1-6H3/t18-,19-,20-,21+,22+,23+,24+,25-,26+,27-,28-,29+/m1/s1. The predicted octanol–water partition coefficient (Wildman–Crippen LogP) is 4.86. The molecule has 0 amide bonds. The summed E-state index contributed by atoms with van der Waals surface area (Å²) in [5.74, 6) is 3.06. The summed E-state index contributed by atoms with van der Waals surface area (Å²) in [6, 6.07) is 0. The topological polar surface area (TPSA) is 77.4 Å². The van der Waals surface area contributed by atoms with Crippen LogP contribution in [0.1, 0.15) is 79.1 Å². The lowest BCUT2D eigenvalue weighted by Crippen LogP contribution is -2.63. The fourth-order valence-corrected chi connectivity index (χ4v) is 10.1. The van der Waals surface area contributed by atoms with Gasteiger partial charge in [0.25, 0.3) is 0 Å². The summed E-state index contributed by atoms with van der Waals surface area (Å²) in [4.78, 5) is 0. The van der Waals surface area contributed by atoms with Gasteiger partial charge in [-0.2, -0.15) is 0 Å². The van der Waals surface area contributed by atoms with Crippen LogP contribution in [0.2, 0.25) is 0 Å². The van der Waals surface area contributed by atoms with E-state index in [0.717, 1.165) is 38.5 Å². The second kappa shape index (κ2) is 11.2. The molecular weight excluding hydrogens is 444 g/mol. The molecular formula is C29H52O6. The van der Waals surface area contributed by atoms with E-state index in [9.17, 15) is 10.2 Å². The Morgan fingerprint density at radius 2 is 1.60 bits per heavy atom. The first kappa shape index (κ1) is 27.8. The van der Waals surface area contributed by atoms with Crippen LogP contribution in [0.25, 0.3) is 0 Å². The van der Waals surface area contributed by atoms with Gasteiger partial charge < -0.3 is 29.2 Å². The van der Waals surface area contributed by atoms with Gasteiger partial charge in [-0.1, -0.05) is 34.1 Å². The van der Waals surface area contributed by atoms with E-state index in [1.165, 1.54) is 12.8 Å². The van der Waals surface area contributed by atoms with Crippen LogP contribution < -0.4 is 0 Å². The molecule has 0 aromatic rings. The largest absolute Gasteiger partial charge is 0.396 e. The molecule has 0 aromatic carbocycles. The van der Waals surface area contributed by atoms with Crippen LogP contribution >= 0.6 is 0 Å². The maximum absolute atomic E-state index is 11.4. The summed E-state index contributed by atoms with van der Waals surface area (Å²) in [5, 5.41) is 21.1. The zero-order chi connectivity index (χ0) is 25.4. The zero-order valence-electron chi connectivity index (χ0n) is 23.1. The molecule has 0 bridgehead atoms. The minimum atomic E-state index is -0.294. The quantitative estimate of drug-likeness (QED) is 0.421. The number of hydrogen-bond donors (Lipinski definition) is 2. The Morgan fingerprint density at radius 3 is 2.26 bits per heavy atom. The van der Waals surface area contributed by atoms with Gasteiger partial charge in [0, 0.05) is 20.8 Å². The molecule has 0 aromatic heterocycles. The molecule has 204 valence electrons. The molecule has 4 saturated carbocycles. The van der Waals surface area contributed by atoms with Gasteiger partial charge in [0.1, 0.15) is 13.6 Å². The van der Waals surface area contributed by atoms with Crippen molar-refractivity contribution in [2.45, 2.75) is 97.4 Å². The first-order chi connectivity index (χ1) is 16.8. The Morgan fingerprint density at radius 1 is 0.914 bits per heavy atom. The molecule has 0 unspecified atom stereocenters. The second-order valence-electron chi connectivity index (χ2n) is 12.8. The van der Waals surface area contributed by atoms with E-state index in [0.29, 0.717) is 49.1 Å². The molecule has 12 atom stereocenters. The van der Waals surface area contributed by atoms with Gasteiger partial charge in [-0.05, 0) is 97.2 Å². The number of methoxy groups -OCH3 is 2. The number of hydrogen-bond acceptors (Lipinski definition) is 6. The lowest BCUT2D eigenvalue weighted by Gasteiger charge is -2.65. The molecule has 2 N–H and O–H groups in total. The number of fused-ring (bicyclic) bond motifs is 5. The van der Waals surface area contributed by atoms with E-state index in [-0.39, 0.29) is 41.7 Å². The maximum Gasteiger partial charge on any atom is 0.146 e. The predicted molar refractivity (Wildman–Crippen MR) is 136 cm³/mol. The smallest absolute Gasteiger partial charge is 0.146 e. The van der Waals surface area contributed by atoms with Gasteiger partial charge in [0.2, 0.25) is 0 Å². The van der Waals surface area contributed by atoms with Crippen molar-refractivity contribution in [2.75, 3.05) is 34.4 Å². The SMILES string of the molecule is CC[C@H]1[C@@H](OCOC)[C@@H]2[C@H](CC[C@]3(C)[C@@H]([C@H](C)CCO)[C@@H](O)C[C@@H]23)[C@@]2(C)CC[C@@H](OCOC)C[C@@H]12. The maximum atomic E-state index is 11.4. The molecule has 0 saturated heterocycles. The van der Waals surface area contributed by atoms with Gasteiger partial charge in [-0.15, -0.1) is 0 Å². The number of rotatable bonds is 10. The minimum Gasteiger partial charge on any atom is -0.396 e. The number of aliphatic hydroxyl groups is 2. The van der Waals surface area contributed by atoms with Crippen molar-refractivity contribution in [3.8, 4) is 0 Å². The third-order valence-corrected chi connectivity index (χ3v) is 11.4. The van der Waals surface area contributed by atoms with Crippen molar-refractivity contribution in [2.24, 2.45) is 52.3 Å². The fourth-order valence-electron chi connectivity index (χ4n) is 10.1. The molecule has 0 radical (unpaired) electrons. The summed E-state index contributed by atoms with van der Waals surface area (Å²) >= 11 is 0. The van der Waals surface area contributed by atoms with Crippen LogP contribution in [0.3, 0.4) is 0 Å². The molecule has 0 spiro atoms. The van der Waals surface area contributed by atoms with Crippen LogP contribution in [-0.4, -0.2) is 62.9 Å². The Bertz CT molecular complexity index is 688. The summed E-state index contributed by atoms with van der Waals surface area (Å²) in [7, 11) is 3.42. The lowest BCUT2D eigenvalue weighted by molar-refractivity contribution is -0.239. The van der Waals surface area contributed by atoms with E-state index in [4.69, 9.17) is 18.9 Å². The monoisotopic (exact) mass is 496 g/mol. The normalized spacial score (nSPS) is 48.2. The van der Waals surface area contributed by atoms with Crippen LogP contribution in [0, 0.1) is 52.3 Å². The molecule has 6 heteroatoms. The summed E-state index contributed by atoms with van der Waals surface area (Å²) < 4.78 is 23.4. The molecule has 35 heavy (non-hydrogen) atoms. The van der Waals surface area contributed by atoms with Gasteiger partial charge in [-0.3, -0.25) is 0 Å². The van der Waals surface area contributed by atoms with Crippen LogP contribution in [0.15, 0.2) is 0 Å². The third-order valence-electron chi connectivity index (χ3n) is 11.4. The van der Waals surface area contributed by atoms with E-state index in [1.54, 1.807) is 14.2 Å². The highest BCUT2D eigenvalue weighted by Crippen LogP contribution is 2.70. The molecule has 0 heterocycles. The average molecular weight is 497 g/mol. The molecule has 4 fully saturated rings. The van der Waals surface area contributed by atoms with Crippen molar-refractivity contribution in [1.29, 1.82) is 0 Å². The van der Waals surface area contributed by atoms with Crippen molar-refractivity contribution >= 4 is 0 Å². The Labute approximate surface area is 213 Å². The van der Waals surface area contributed by atoms with E-state index in [2.05, 4.69) is 27.7 Å². The van der Waals surface area contributed by atoms with E-state index in [1.807, 2.05) is 0 Å². The van der Waals surface area contributed by atoms with E-state index < -0.39 is 0 Å². The zero-order valence-corrected chi connectivity index (χ0v) is 23.1. The molecule has 6 nitrogen and oxygen atoms in total. The van der Waals surface area contributed by atoms with E-state index >= 15 is 0 Å². The second-order valence-corrected chi connectivity index (χ2v) is 12.8. The van der Waals surface area contributed by atoms with Gasteiger partial charge in [0.05, 0.1) is 18.3 Å². The number of ether oxygens (including phenoxy) is 4. The molecule has 4 aliphatic carbocycles. The Kier molecular flexibility index (Phi) is 8.93. The van der Waals surface area contributed by atoms with Crippen LogP contribution in [0.5, 0.6) is 0 Å². The van der Waals surface area contributed by atoms with Gasteiger partial charge >= 0.3 is 0 Å². The first-order valence-corrected chi connectivity index (χ1v) is 14.3. The summed E-state index contributed by atoms with van der Waals surface area (Å²) in [5.41, 5.74) is 0.358. The summed E-state index contributed by atoms with van der Waals surface area (Å²) in [6.07, 6.45) is 8.56. The Hall–Kier alpha value is -0.240. The lowest BCUT2D eigenvalue weighted by atomic mass is 9.41. The van der Waals surface area contributed by atoms with Crippen molar-refractivity contribution in [3.05, 3.63) is 0 Å². The van der Waals surface area contributed by atoms with Gasteiger partial charge in [0.15, 0.2) is 0 Å². The molecule has 0 aliphatic heterocycles. The van der Waals surface area contributed by atoms with Gasteiger partial charge in [-0.25, -0.2) is 0 Å². The van der Waals surface area contributed by atoms with Crippen molar-refractivity contribution < 1.29 is 29.2 Å². The Balaban J connectivity index is 1.69. The number of aliphatic hydroxyl groups excluding tert-OH is 2. The third kappa shape index (κ3) is 4.74. The van der Waals surface area contributed by atoms with Crippen LogP contribution in [0.4, 0.5) is 0 Å². The fraction of sp³-hybridized carbons (Fsp3) is 1.00. The van der Waals surface area contributed by atoms with Crippen molar-refractivity contribution in [1.82, 2.24) is 0 Å². The first-order valence-electron chi connectivity index (χ1n) is 14.3. The summed E-state index contributed by atoms with van der Waals surface area (Å²) in [6.45, 7) is 10.5. The van der Waals surface area contributed by atoms with Crippen molar-refractivity contribution in [3.63, 3.8) is 0 Å². The molecule has 4 rings (SSSR count).